The van der Waals surface area contributed by atoms with Gasteiger partial charge in [0, 0.05) is 0 Å². The number of carbonyl (C=O) groups excluding carboxylic acids is 1. The number of allylic oxidation sites excluding steroid dienone is 1. The summed E-state index contributed by atoms with van der Waals surface area (Å²) >= 11 is 0.213. The first kappa shape index (κ1) is 9.25. The molecule has 0 aliphatic heterocycles. The van der Waals surface area contributed by atoms with E-state index in [-0.39, 0.29) is 20.3 Å². The Balaban J connectivity index is 2.09. The third-order valence-electron chi connectivity index (χ3n) is 1.71. The van der Waals surface area contributed by atoms with Crippen LogP contribution in [0.3, 0.4) is 0 Å². The third-order valence-corrected chi connectivity index (χ3v) is 3.56. The van der Waals surface area contributed by atoms with Gasteiger partial charge in [-0.05, 0) is 0 Å². The van der Waals surface area contributed by atoms with Crippen LogP contribution < -0.4 is 0 Å². The SMILES string of the molecule is O=C(/C=C/c1ccco1)c1ccc[se]1. The molecule has 0 unspecified atom stereocenters. The zero-order valence-electron chi connectivity index (χ0n) is 7.34. The van der Waals surface area contributed by atoms with Gasteiger partial charge in [0.2, 0.25) is 0 Å². The quantitative estimate of drug-likeness (QED) is 0.475. The maximum atomic E-state index is 11.5. The maximum absolute atomic E-state index is 11.5. The predicted octanol–water partition coefficient (Wildman–Crippen LogP) is 2.23. The van der Waals surface area contributed by atoms with Crippen LogP contribution in [0.4, 0.5) is 0 Å². The van der Waals surface area contributed by atoms with E-state index < -0.39 is 0 Å². The molecular formula is C11H8O2Se. The van der Waals surface area contributed by atoms with E-state index in [2.05, 4.69) is 0 Å². The first-order valence-corrected chi connectivity index (χ1v) is 6.00. The van der Waals surface area contributed by atoms with Gasteiger partial charge >= 0.3 is 87.3 Å². The molecule has 0 saturated heterocycles. The monoisotopic (exact) mass is 252 g/mol. The van der Waals surface area contributed by atoms with Crippen LogP contribution in [0.2, 0.25) is 0 Å². The van der Waals surface area contributed by atoms with Crippen LogP contribution in [0.15, 0.2) is 46.0 Å². The van der Waals surface area contributed by atoms with Gasteiger partial charge in [-0.1, -0.05) is 0 Å². The number of furan rings is 1. The van der Waals surface area contributed by atoms with Crippen molar-refractivity contribution in [3.8, 4) is 0 Å². The average Bonchev–Trinajstić information content (AvgIpc) is 2.87. The van der Waals surface area contributed by atoms with Gasteiger partial charge in [-0.2, -0.15) is 0 Å². The van der Waals surface area contributed by atoms with E-state index in [9.17, 15) is 4.79 Å². The summed E-state index contributed by atoms with van der Waals surface area (Å²) in [6.45, 7) is 0. The van der Waals surface area contributed by atoms with Crippen molar-refractivity contribution in [3.05, 3.63) is 51.7 Å². The molecule has 0 radical (unpaired) electrons. The Morgan fingerprint density at radius 3 is 2.93 bits per heavy atom. The van der Waals surface area contributed by atoms with Crippen molar-refractivity contribution in [1.29, 1.82) is 0 Å². The van der Waals surface area contributed by atoms with Gasteiger partial charge < -0.3 is 0 Å². The van der Waals surface area contributed by atoms with Gasteiger partial charge in [0.25, 0.3) is 0 Å². The summed E-state index contributed by atoms with van der Waals surface area (Å²) in [7, 11) is 0. The molecule has 0 atom stereocenters. The van der Waals surface area contributed by atoms with Crippen molar-refractivity contribution in [3.63, 3.8) is 0 Å². The van der Waals surface area contributed by atoms with Crippen LogP contribution in [0.25, 0.3) is 6.08 Å². The zero-order chi connectivity index (χ0) is 9.80. The molecule has 2 heterocycles. The van der Waals surface area contributed by atoms with Gasteiger partial charge in [-0.3, -0.25) is 0 Å². The van der Waals surface area contributed by atoms with Crippen LogP contribution >= 0.6 is 0 Å². The molecule has 0 amide bonds. The molecule has 2 aromatic rings. The number of hydrogen-bond acceptors (Lipinski definition) is 2. The molecule has 0 aliphatic rings. The van der Waals surface area contributed by atoms with Gasteiger partial charge in [0.1, 0.15) is 0 Å². The third kappa shape index (κ3) is 2.13. The zero-order valence-corrected chi connectivity index (χ0v) is 9.06. The van der Waals surface area contributed by atoms with Crippen LogP contribution in [0, 0.1) is 0 Å². The van der Waals surface area contributed by atoms with Crippen LogP contribution in [0.5, 0.6) is 0 Å². The second kappa shape index (κ2) is 4.27. The molecule has 0 aliphatic carbocycles. The number of ketones is 1. The molecule has 0 bridgehead atoms. The summed E-state index contributed by atoms with van der Waals surface area (Å²) < 4.78 is 5.97. The van der Waals surface area contributed by atoms with Crippen LogP contribution in [-0.2, 0) is 0 Å². The Bertz CT molecular complexity index is 424. The fourth-order valence-corrected chi connectivity index (χ4v) is 2.40. The van der Waals surface area contributed by atoms with E-state index in [0.717, 1.165) is 4.44 Å². The minimum absolute atomic E-state index is 0.0754. The first-order chi connectivity index (χ1) is 6.86. The molecule has 0 aromatic carbocycles. The second-order valence-electron chi connectivity index (χ2n) is 2.69. The Hall–Kier alpha value is -1.31. The molecule has 2 rings (SSSR count). The van der Waals surface area contributed by atoms with Gasteiger partial charge in [0.05, 0.1) is 0 Å². The summed E-state index contributed by atoms with van der Waals surface area (Å²) in [5.74, 6) is 0.781. The standard InChI is InChI=1S/C11H8O2Se/c12-10(11-4-2-8-14-11)6-5-9-3-1-7-13-9/h1-8H/b6-5+. The van der Waals surface area contributed by atoms with Gasteiger partial charge in [-0.15, -0.1) is 0 Å². The van der Waals surface area contributed by atoms with Gasteiger partial charge in [-0.25, -0.2) is 0 Å². The summed E-state index contributed by atoms with van der Waals surface area (Å²) in [6, 6.07) is 7.41. The molecule has 14 heavy (non-hydrogen) atoms. The fraction of sp³-hybridized carbons (Fsp3) is 0. The van der Waals surface area contributed by atoms with Crippen LogP contribution in [0.1, 0.15) is 15.0 Å². The van der Waals surface area contributed by atoms with E-state index in [1.54, 1.807) is 24.5 Å². The average molecular weight is 251 g/mol. The van der Waals surface area contributed by atoms with Crippen molar-refractivity contribution in [2.24, 2.45) is 0 Å². The van der Waals surface area contributed by atoms with Crippen molar-refractivity contribution in [1.82, 2.24) is 0 Å². The molecule has 0 N–H and O–H groups in total. The topological polar surface area (TPSA) is 30.2 Å². The molecule has 0 spiro atoms. The van der Waals surface area contributed by atoms with Crippen molar-refractivity contribution >= 4 is 26.4 Å². The first-order valence-electron chi connectivity index (χ1n) is 4.16. The Kier molecular flexibility index (Phi) is 2.82. The van der Waals surface area contributed by atoms with Gasteiger partial charge in [0.15, 0.2) is 0 Å². The molecule has 2 nitrogen and oxygen atoms in total. The van der Waals surface area contributed by atoms with E-state index >= 15 is 0 Å². The van der Waals surface area contributed by atoms with Crippen molar-refractivity contribution in [2.75, 3.05) is 0 Å². The van der Waals surface area contributed by atoms with Crippen LogP contribution in [-0.4, -0.2) is 20.3 Å². The fourth-order valence-electron chi connectivity index (χ4n) is 1.04. The summed E-state index contributed by atoms with van der Waals surface area (Å²) in [5, 5.41) is 0. The molecular weight excluding hydrogens is 243 g/mol. The number of carbonyl (C=O) groups is 1. The minimum atomic E-state index is 0.0754. The van der Waals surface area contributed by atoms with E-state index in [1.807, 2.05) is 23.1 Å². The Morgan fingerprint density at radius 1 is 1.36 bits per heavy atom. The normalized spacial score (nSPS) is 10.9. The molecule has 2 aromatic heterocycles. The van der Waals surface area contributed by atoms with Crippen molar-refractivity contribution in [2.45, 2.75) is 0 Å². The number of hydrogen-bond donors (Lipinski definition) is 0. The molecule has 0 saturated carbocycles. The van der Waals surface area contributed by atoms with E-state index in [4.69, 9.17) is 4.42 Å². The molecule has 3 heteroatoms. The predicted molar refractivity (Wildman–Crippen MR) is 55.5 cm³/mol. The van der Waals surface area contributed by atoms with Crippen molar-refractivity contribution < 1.29 is 9.21 Å². The summed E-state index contributed by atoms with van der Waals surface area (Å²) in [5.41, 5.74) is 0. The molecule has 70 valence electrons. The Morgan fingerprint density at radius 2 is 2.29 bits per heavy atom. The summed E-state index contributed by atoms with van der Waals surface area (Å²) in [4.78, 5) is 13.5. The summed E-state index contributed by atoms with van der Waals surface area (Å²) in [6.07, 6.45) is 4.83. The second-order valence-corrected chi connectivity index (χ2v) is 4.68. The number of rotatable bonds is 3. The Labute approximate surface area is 87.6 Å². The van der Waals surface area contributed by atoms with E-state index in [1.165, 1.54) is 0 Å². The van der Waals surface area contributed by atoms with E-state index in [0.29, 0.717) is 5.76 Å². The molecule has 0 fully saturated rings.